The molecule has 0 saturated carbocycles. The predicted octanol–water partition coefficient (Wildman–Crippen LogP) is 2.14. The van der Waals surface area contributed by atoms with Crippen LogP contribution in [0.5, 0.6) is 5.75 Å². The SMILES string of the molecule is COc1ccc(-c2noc(CCC(=O)NNC(=O)c3ccccc3)n2)cc1. The zero-order chi connectivity index (χ0) is 19.1. The number of rotatable bonds is 6. The van der Waals surface area contributed by atoms with E-state index in [4.69, 9.17) is 9.26 Å². The van der Waals surface area contributed by atoms with Gasteiger partial charge in [-0.15, -0.1) is 0 Å². The monoisotopic (exact) mass is 366 g/mol. The van der Waals surface area contributed by atoms with Gasteiger partial charge in [0.25, 0.3) is 5.91 Å². The van der Waals surface area contributed by atoms with Gasteiger partial charge in [0.1, 0.15) is 5.75 Å². The van der Waals surface area contributed by atoms with E-state index >= 15 is 0 Å². The van der Waals surface area contributed by atoms with Crippen molar-refractivity contribution >= 4 is 11.8 Å². The van der Waals surface area contributed by atoms with Gasteiger partial charge in [0, 0.05) is 24.0 Å². The minimum Gasteiger partial charge on any atom is -0.497 e. The number of aryl methyl sites for hydroxylation is 1. The van der Waals surface area contributed by atoms with Crippen LogP contribution in [0, 0.1) is 0 Å². The van der Waals surface area contributed by atoms with Crippen molar-refractivity contribution in [2.45, 2.75) is 12.8 Å². The first-order valence-electron chi connectivity index (χ1n) is 8.27. The highest BCUT2D eigenvalue weighted by Crippen LogP contribution is 2.19. The third-order valence-corrected chi connectivity index (χ3v) is 3.73. The zero-order valence-electron chi connectivity index (χ0n) is 14.6. The summed E-state index contributed by atoms with van der Waals surface area (Å²) in [5, 5.41) is 3.91. The summed E-state index contributed by atoms with van der Waals surface area (Å²) in [5.41, 5.74) is 5.96. The number of nitrogens with zero attached hydrogens (tertiary/aromatic N) is 2. The normalized spacial score (nSPS) is 10.3. The topological polar surface area (TPSA) is 106 Å². The standard InChI is InChI=1S/C19H18N4O4/c1-26-15-9-7-13(8-10-15)18-20-17(27-23-18)12-11-16(24)21-22-19(25)14-5-3-2-4-6-14/h2-10H,11-12H2,1H3,(H,21,24)(H,22,25). The third kappa shape index (κ3) is 4.91. The third-order valence-electron chi connectivity index (χ3n) is 3.73. The lowest BCUT2D eigenvalue weighted by atomic mass is 10.2. The Bertz CT molecular complexity index is 907. The van der Waals surface area contributed by atoms with Crippen molar-refractivity contribution in [1.82, 2.24) is 21.0 Å². The molecule has 0 spiro atoms. The molecule has 2 N–H and O–H groups in total. The molecule has 0 fully saturated rings. The fourth-order valence-electron chi connectivity index (χ4n) is 2.28. The van der Waals surface area contributed by atoms with Crippen LogP contribution in [0.15, 0.2) is 59.1 Å². The van der Waals surface area contributed by atoms with Crippen molar-refractivity contribution in [2.24, 2.45) is 0 Å². The Hall–Kier alpha value is -3.68. The lowest BCUT2D eigenvalue weighted by Crippen LogP contribution is -2.41. The van der Waals surface area contributed by atoms with Crippen LogP contribution in [-0.4, -0.2) is 29.1 Å². The molecular weight excluding hydrogens is 348 g/mol. The number of carbonyl (C=O) groups is 2. The summed E-state index contributed by atoms with van der Waals surface area (Å²) in [6, 6.07) is 15.8. The maximum atomic E-state index is 11.9. The fraction of sp³-hybridized carbons (Fsp3) is 0.158. The lowest BCUT2D eigenvalue weighted by Gasteiger charge is -2.06. The Morgan fingerprint density at radius 3 is 2.48 bits per heavy atom. The van der Waals surface area contributed by atoms with E-state index in [1.807, 2.05) is 12.1 Å². The molecule has 3 aromatic rings. The molecule has 1 aromatic heterocycles. The van der Waals surface area contributed by atoms with Gasteiger partial charge in [0.2, 0.25) is 17.6 Å². The number of hydrazine groups is 1. The van der Waals surface area contributed by atoms with Gasteiger partial charge in [-0.25, -0.2) is 0 Å². The van der Waals surface area contributed by atoms with Gasteiger partial charge >= 0.3 is 0 Å². The number of carbonyl (C=O) groups excluding carboxylic acids is 2. The van der Waals surface area contributed by atoms with Crippen molar-refractivity contribution < 1.29 is 18.8 Å². The summed E-state index contributed by atoms with van der Waals surface area (Å²) < 4.78 is 10.3. The molecule has 138 valence electrons. The first-order chi connectivity index (χ1) is 13.2. The number of amides is 2. The van der Waals surface area contributed by atoms with Gasteiger partial charge in [-0.1, -0.05) is 23.4 Å². The second-order valence-electron chi connectivity index (χ2n) is 5.61. The van der Waals surface area contributed by atoms with Crippen molar-refractivity contribution in [1.29, 1.82) is 0 Å². The summed E-state index contributed by atoms with van der Waals surface area (Å²) in [7, 11) is 1.59. The zero-order valence-corrected chi connectivity index (χ0v) is 14.6. The van der Waals surface area contributed by atoms with Crippen LogP contribution in [0.3, 0.4) is 0 Å². The molecule has 8 heteroatoms. The Balaban J connectivity index is 1.48. The van der Waals surface area contributed by atoms with E-state index in [1.165, 1.54) is 0 Å². The molecule has 0 unspecified atom stereocenters. The van der Waals surface area contributed by atoms with Crippen molar-refractivity contribution in [3.05, 3.63) is 66.1 Å². The molecule has 2 aromatic carbocycles. The summed E-state index contributed by atoms with van der Waals surface area (Å²) >= 11 is 0. The van der Waals surface area contributed by atoms with Crippen LogP contribution in [-0.2, 0) is 11.2 Å². The summed E-state index contributed by atoms with van der Waals surface area (Å²) in [5.74, 6) is 0.763. The second kappa shape index (κ2) is 8.61. The second-order valence-corrected chi connectivity index (χ2v) is 5.61. The summed E-state index contributed by atoms with van der Waals surface area (Å²) in [6.45, 7) is 0. The number of hydrogen-bond donors (Lipinski definition) is 2. The maximum absolute atomic E-state index is 11.9. The van der Waals surface area contributed by atoms with E-state index in [-0.39, 0.29) is 24.7 Å². The molecule has 1 heterocycles. The van der Waals surface area contributed by atoms with E-state index in [1.54, 1.807) is 49.6 Å². The van der Waals surface area contributed by atoms with Gasteiger partial charge < -0.3 is 9.26 Å². The molecular formula is C19H18N4O4. The van der Waals surface area contributed by atoms with Crippen molar-refractivity contribution in [3.63, 3.8) is 0 Å². The van der Waals surface area contributed by atoms with E-state index < -0.39 is 0 Å². The molecule has 8 nitrogen and oxygen atoms in total. The van der Waals surface area contributed by atoms with Gasteiger partial charge in [-0.05, 0) is 36.4 Å². The average Bonchev–Trinajstić information content (AvgIpc) is 3.20. The molecule has 3 rings (SSSR count). The van der Waals surface area contributed by atoms with Crippen LogP contribution in [0.1, 0.15) is 22.7 Å². The van der Waals surface area contributed by atoms with Gasteiger partial charge in [0.05, 0.1) is 7.11 Å². The number of hydrogen-bond acceptors (Lipinski definition) is 6. The number of ether oxygens (including phenoxy) is 1. The predicted molar refractivity (Wildman–Crippen MR) is 96.7 cm³/mol. The van der Waals surface area contributed by atoms with Crippen LogP contribution in [0.4, 0.5) is 0 Å². The number of benzene rings is 2. The van der Waals surface area contributed by atoms with Gasteiger partial charge in [-0.2, -0.15) is 4.98 Å². The lowest BCUT2D eigenvalue weighted by molar-refractivity contribution is -0.121. The van der Waals surface area contributed by atoms with E-state index in [0.717, 1.165) is 11.3 Å². The summed E-state index contributed by atoms with van der Waals surface area (Å²) in [6.07, 6.45) is 0.357. The van der Waals surface area contributed by atoms with E-state index in [2.05, 4.69) is 21.0 Å². The van der Waals surface area contributed by atoms with Crippen LogP contribution in [0.25, 0.3) is 11.4 Å². The van der Waals surface area contributed by atoms with Crippen LogP contribution in [0.2, 0.25) is 0 Å². The van der Waals surface area contributed by atoms with Gasteiger partial charge in [-0.3, -0.25) is 20.4 Å². The highest BCUT2D eigenvalue weighted by Gasteiger charge is 2.12. The number of methoxy groups -OCH3 is 1. The molecule has 0 aliphatic heterocycles. The molecule has 0 atom stereocenters. The first kappa shape index (κ1) is 18.1. The highest BCUT2D eigenvalue weighted by atomic mass is 16.5. The quantitative estimate of drug-likeness (QED) is 0.648. The fourth-order valence-corrected chi connectivity index (χ4v) is 2.28. The Morgan fingerprint density at radius 2 is 1.78 bits per heavy atom. The Morgan fingerprint density at radius 1 is 1.04 bits per heavy atom. The largest absolute Gasteiger partial charge is 0.497 e. The van der Waals surface area contributed by atoms with Crippen molar-refractivity contribution in [2.75, 3.05) is 7.11 Å². The Labute approximate surface area is 155 Å². The van der Waals surface area contributed by atoms with Crippen LogP contribution < -0.4 is 15.6 Å². The maximum Gasteiger partial charge on any atom is 0.269 e. The molecule has 0 radical (unpaired) electrons. The highest BCUT2D eigenvalue weighted by molar-refractivity contribution is 5.95. The number of aromatic nitrogens is 2. The van der Waals surface area contributed by atoms with E-state index in [0.29, 0.717) is 17.3 Å². The van der Waals surface area contributed by atoms with Crippen molar-refractivity contribution in [3.8, 4) is 17.1 Å². The Kier molecular flexibility index (Phi) is 5.78. The number of nitrogens with one attached hydrogen (secondary N) is 2. The molecule has 0 aliphatic carbocycles. The molecule has 0 saturated heterocycles. The van der Waals surface area contributed by atoms with Crippen LogP contribution >= 0.6 is 0 Å². The minimum atomic E-state index is -0.386. The smallest absolute Gasteiger partial charge is 0.269 e. The molecule has 0 aliphatic rings. The summed E-state index contributed by atoms with van der Waals surface area (Å²) in [4.78, 5) is 28.0. The average molecular weight is 366 g/mol. The van der Waals surface area contributed by atoms with Gasteiger partial charge in [0.15, 0.2) is 0 Å². The molecule has 2 amide bonds. The minimum absolute atomic E-state index is 0.0965. The molecule has 0 bridgehead atoms. The van der Waals surface area contributed by atoms with E-state index in [9.17, 15) is 9.59 Å². The molecule has 27 heavy (non-hydrogen) atoms. The first-order valence-corrected chi connectivity index (χ1v) is 8.27.